The predicted molar refractivity (Wildman–Crippen MR) is 122 cm³/mol. The van der Waals surface area contributed by atoms with Gasteiger partial charge >= 0.3 is 0 Å². The van der Waals surface area contributed by atoms with Crippen LogP contribution in [0, 0.1) is 0 Å². The highest BCUT2D eigenvalue weighted by Crippen LogP contribution is 2.30. The molecule has 3 rings (SSSR count). The molecule has 6 N–H and O–H groups in total. The maximum atomic E-state index is 13.0. The van der Waals surface area contributed by atoms with E-state index in [1.165, 1.54) is 38.3 Å². The Morgan fingerprint density at radius 2 is 1.72 bits per heavy atom. The van der Waals surface area contributed by atoms with Crippen molar-refractivity contribution >= 4 is 23.8 Å². The van der Waals surface area contributed by atoms with Crippen molar-refractivity contribution in [3.63, 3.8) is 0 Å². The molecule has 0 radical (unpaired) electrons. The molecule has 1 aromatic carbocycles. The average molecular weight is 513 g/mol. The molecule has 2 aliphatic heterocycles. The van der Waals surface area contributed by atoms with Gasteiger partial charge in [0.1, 0.15) is 42.9 Å². The molecule has 0 saturated carbocycles. The lowest BCUT2D eigenvalue weighted by atomic mass is 9.92. The number of methoxy groups -OCH3 is 1. The lowest BCUT2D eigenvalue weighted by Gasteiger charge is -2.47. The van der Waals surface area contributed by atoms with Crippen LogP contribution in [0.4, 0.5) is 5.69 Å². The van der Waals surface area contributed by atoms with E-state index in [0.717, 1.165) is 0 Å². The third-order valence-electron chi connectivity index (χ3n) is 6.20. The number of aliphatic hydroxyl groups is 4. The van der Waals surface area contributed by atoms with Gasteiger partial charge in [0.15, 0.2) is 12.4 Å². The molecule has 4 unspecified atom stereocenters. The van der Waals surface area contributed by atoms with E-state index in [1.807, 2.05) is 0 Å². The maximum Gasteiger partial charge on any atom is 0.256 e. The first-order valence-electron chi connectivity index (χ1n) is 11.4. The number of benzene rings is 1. The summed E-state index contributed by atoms with van der Waals surface area (Å²) < 4.78 is 22.3. The first-order valence-corrected chi connectivity index (χ1v) is 11.4. The lowest BCUT2D eigenvalue weighted by Crippen LogP contribution is -2.67. The van der Waals surface area contributed by atoms with E-state index in [-0.39, 0.29) is 0 Å². The normalized spacial score (nSPS) is 36.6. The fourth-order valence-electron chi connectivity index (χ4n) is 4.32. The second-order valence-corrected chi connectivity index (χ2v) is 8.72. The van der Waals surface area contributed by atoms with Crippen LogP contribution in [0.3, 0.4) is 0 Å². The highest BCUT2D eigenvalue weighted by Gasteiger charge is 2.52. The number of aldehydes is 1. The first-order chi connectivity index (χ1) is 17.1. The highest BCUT2D eigenvalue weighted by molar-refractivity contribution is 5.95. The topological polar surface area (TPSA) is 193 Å². The molecule has 13 heteroatoms. The summed E-state index contributed by atoms with van der Waals surface area (Å²) in [5.74, 6) is -1.17. The molecule has 10 atom stereocenters. The summed E-state index contributed by atoms with van der Waals surface area (Å²) in [4.78, 5) is 35.6. The highest BCUT2D eigenvalue weighted by atomic mass is 16.7. The molecule has 36 heavy (non-hydrogen) atoms. The largest absolute Gasteiger partial charge is 0.394 e. The molecule has 13 nitrogen and oxygen atoms in total. The Labute approximate surface area is 207 Å². The number of nitrogens with one attached hydrogen (secondary N) is 2. The fraction of sp³-hybridized carbons (Fsp3) is 0.609. The van der Waals surface area contributed by atoms with Gasteiger partial charge in [-0.25, -0.2) is 0 Å². The standard InChI is InChI=1S/C23H32N2O11/c1-10-15(24-11(2)28)19(16(29)14(9-27)34-10)35-23-18(31)17(30)20(33-3)21(36-23)22(32)25-13-6-4-12(8-26)5-7-13/h4-8,10,14-21,23,27,29-31H,9H2,1-3H3,(H,24,28)(H,25,32)/t10-,14?,15?,16+,17+,18?,19+,20-,21?,23+/m0/s1. The van der Waals surface area contributed by atoms with Crippen LogP contribution in [-0.4, -0.2) is 113 Å². The summed E-state index contributed by atoms with van der Waals surface area (Å²) in [6.45, 7) is 2.31. The van der Waals surface area contributed by atoms with Gasteiger partial charge in [-0.3, -0.25) is 14.4 Å². The molecule has 0 aromatic heterocycles. The molecule has 1 aromatic rings. The Morgan fingerprint density at radius 3 is 2.28 bits per heavy atom. The first kappa shape index (κ1) is 28.1. The third kappa shape index (κ3) is 6.07. The Morgan fingerprint density at radius 1 is 1.06 bits per heavy atom. The zero-order chi connectivity index (χ0) is 26.6. The summed E-state index contributed by atoms with van der Waals surface area (Å²) in [7, 11) is 1.23. The van der Waals surface area contributed by atoms with E-state index in [2.05, 4.69) is 10.6 Å². The van der Waals surface area contributed by atoms with Crippen molar-refractivity contribution < 1.29 is 53.8 Å². The van der Waals surface area contributed by atoms with Gasteiger partial charge in [0, 0.05) is 25.3 Å². The van der Waals surface area contributed by atoms with E-state index in [1.54, 1.807) is 6.92 Å². The van der Waals surface area contributed by atoms with Crippen LogP contribution in [0.1, 0.15) is 24.2 Å². The van der Waals surface area contributed by atoms with Gasteiger partial charge < -0.3 is 50.0 Å². The number of carbonyl (C=O) groups is 3. The molecule has 0 spiro atoms. The van der Waals surface area contributed by atoms with Crippen LogP contribution < -0.4 is 10.6 Å². The molecule has 0 aliphatic carbocycles. The van der Waals surface area contributed by atoms with Gasteiger partial charge in [0.05, 0.1) is 18.8 Å². The Kier molecular flexibility index (Phi) is 9.49. The molecule has 2 heterocycles. The number of carbonyl (C=O) groups excluding carboxylic acids is 3. The fourth-order valence-corrected chi connectivity index (χ4v) is 4.32. The van der Waals surface area contributed by atoms with Gasteiger partial charge in [-0.2, -0.15) is 0 Å². The number of amides is 2. The second-order valence-electron chi connectivity index (χ2n) is 8.72. The van der Waals surface area contributed by atoms with Crippen LogP contribution in [0.5, 0.6) is 0 Å². The third-order valence-corrected chi connectivity index (χ3v) is 6.20. The van der Waals surface area contributed by atoms with Crippen LogP contribution in [-0.2, 0) is 28.5 Å². The molecular weight excluding hydrogens is 480 g/mol. The van der Waals surface area contributed by atoms with Crippen LogP contribution in [0.15, 0.2) is 24.3 Å². The van der Waals surface area contributed by atoms with Gasteiger partial charge in [0.2, 0.25) is 5.91 Å². The van der Waals surface area contributed by atoms with E-state index in [0.29, 0.717) is 17.5 Å². The minimum atomic E-state index is -1.69. The molecular formula is C23H32N2O11. The summed E-state index contributed by atoms with van der Waals surface area (Å²) >= 11 is 0. The molecule has 2 amide bonds. The molecule has 0 bridgehead atoms. The number of anilines is 1. The monoisotopic (exact) mass is 512 g/mol. The van der Waals surface area contributed by atoms with E-state index >= 15 is 0 Å². The molecule has 200 valence electrons. The smallest absolute Gasteiger partial charge is 0.256 e. The van der Waals surface area contributed by atoms with Gasteiger partial charge in [-0.05, 0) is 31.2 Å². The van der Waals surface area contributed by atoms with Crippen LogP contribution in [0.25, 0.3) is 0 Å². The van der Waals surface area contributed by atoms with Crippen LogP contribution in [0.2, 0.25) is 0 Å². The average Bonchev–Trinajstić information content (AvgIpc) is 2.85. The molecule has 2 saturated heterocycles. The predicted octanol–water partition coefficient (Wildman–Crippen LogP) is -2.07. The van der Waals surface area contributed by atoms with Crippen molar-refractivity contribution in [1.82, 2.24) is 5.32 Å². The van der Waals surface area contributed by atoms with Crippen molar-refractivity contribution in [1.29, 1.82) is 0 Å². The number of aliphatic hydroxyl groups excluding tert-OH is 4. The quantitative estimate of drug-likeness (QED) is 0.210. The summed E-state index contributed by atoms with van der Waals surface area (Å²) in [6.07, 6.45) is -11.5. The number of hydrogen-bond acceptors (Lipinski definition) is 11. The van der Waals surface area contributed by atoms with E-state index < -0.39 is 79.6 Å². The van der Waals surface area contributed by atoms with E-state index in [4.69, 9.17) is 18.9 Å². The summed E-state index contributed by atoms with van der Waals surface area (Å²) in [5.41, 5.74) is 0.746. The van der Waals surface area contributed by atoms with Crippen molar-refractivity contribution in [2.24, 2.45) is 0 Å². The van der Waals surface area contributed by atoms with Crippen molar-refractivity contribution in [2.75, 3.05) is 19.0 Å². The maximum absolute atomic E-state index is 13.0. The zero-order valence-electron chi connectivity index (χ0n) is 20.0. The Balaban J connectivity index is 1.82. The van der Waals surface area contributed by atoms with Crippen LogP contribution >= 0.6 is 0 Å². The van der Waals surface area contributed by atoms with Crippen molar-refractivity contribution in [3.8, 4) is 0 Å². The second kappa shape index (κ2) is 12.2. The number of ether oxygens (including phenoxy) is 4. The summed E-state index contributed by atoms with van der Waals surface area (Å²) in [6, 6.07) is 5.08. The Hall–Kier alpha value is -2.49. The van der Waals surface area contributed by atoms with Gasteiger partial charge in [-0.15, -0.1) is 0 Å². The van der Waals surface area contributed by atoms with Gasteiger partial charge in [-0.1, -0.05) is 0 Å². The minimum absolute atomic E-state index is 0.340. The lowest BCUT2D eigenvalue weighted by molar-refractivity contribution is -0.325. The minimum Gasteiger partial charge on any atom is -0.394 e. The zero-order valence-corrected chi connectivity index (χ0v) is 20.0. The molecule has 2 aliphatic rings. The van der Waals surface area contributed by atoms with E-state index in [9.17, 15) is 34.8 Å². The van der Waals surface area contributed by atoms with Gasteiger partial charge in [0.25, 0.3) is 5.91 Å². The number of hydrogen-bond donors (Lipinski definition) is 6. The van der Waals surface area contributed by atoms with Crippen molar-refractivity contribution in [3.05, 3.63) is 29.8 Å². The summed E-state index contributed by atoms with van der Waals surface area (Å²) in [5, 5.41) is 46.8. The van der Waals surface area contributed by atoms with Crippen molar-refractivity contribution in [2.45, 2.75) is 75.0 Å². The molecule has 2 fully saturated rings. The number of rotatable bonds is 8. The Bertz CT molecular complexity index is 914. The SMILES string of the molecule is CO[C@@H]1C(C(=O)Nc2ccc(C=O)cc2)O[C@@H](O[C@@H]2C(NC(C)=O)[C@H](C)OC(CO)[C@H]2O)C(O)[C@H]1O.